The Hall–Kier alpha value is -2.57. The summed E-state index contributed by atoms with van der Waals surface area (Å²) in [4.78, 5) is 19.1. The molecule has 1 aromatic heterocycles. The van der Waals surface area contributed by atoms with E-state index in [1.807, 2.05) is 11.6 Å². The van der Waals surface area contributed by atoms with Gasteiger partial charge in [0, 0.05) is 46.2 Å². The predicted octanol–water partition coefficient (Wildman–Crippen LogP) is 1.40. The van der Waals surface area contributed by atoms with Crippen molar-refractivity contribution in [1.82, 2.24) is 24.6 Å². The van der Waals surface area contributed by atoms with Crippen LogP contribution in [0.3, 0.4) is 0 Å². The van der Waals surface area contributed by atoms with Crippen LogP contribution in [0.25, 0.3) is 0 Å². The summed E-state index contributed by atoms with van der Waals surface area (Å²) in [6, 6.07) is 8.62. The third-order valence-corrected chi connectivity index (χ3v) is 5.50. The number of aromatic nitrogens is 3. The first-order chi connectivity index (χ1) is 13.3. The van der Waals surface area contributed by atoms with Crippen molar-refractivity contribution in [1.29, 1.82) is 0 Å². The van der Waals surface area contributed by atoms with E-state index in [0.29, 0.717) is 6.54 Å². The summed E-state index contributed by atoms with van der Waals surface area (Å²) in [5.74, 6) is 1.88. The second kappa shape index (κ2) is 7.98. The van der Waals surface area contributed by atoms with Gasteiger partial charge < -0.3 is 10.2 Å². The van der Waals surface area contributed by atoms with Gasteiger partial charge >= 0.3 is 5.69 Å². The monoisotopic (exact) mass is 368 g/mol. The molecule has 2 aliphatic heterocycles. The van der Waals surface area contributed by atoms with Gasteiger partial charge in [0.1, 0.15) is 5.82 Å². The fourth-order valence-electron chi connectivity index (χ4n) is 4.03. The lowest BCUT2D eigenvalue weighted by Crippen LogP contribution is -2.44. The van der Waals surface area contributed by atoms with Crippen LogP contribution in [0.2, 0.25) is 0 Å². The van der Waals surface area contributed by atoms with Crippen molar-refractivity contribution in [3.63, 3.8) is 0 Å². The molecule has 0 saturated carbocycles. The first kappa shape index (κ1) is 17.8. The number of hydrogen-bond acceptors (Lipinski definition) is 3. The van der Waals surface area contributed by atoms with Crippen molar-refractivity contribution < 1.29 is 0 Å². The minimum absolute atomic E-state index is 0.0433. The maximum Gasteiger partial charge on any atom is 0.345 e. The summed E-state index contributed by atoms with van der Waals surface area (Å²) >= 11 is 0. The average Bonchev–Trinajstić information content (AvgIpc) is 3.04. The van der Waals surface area contributed by atoms with Gasteiger partial charge in [-0.15, -0.1) is 0 Å². The van der Waals surface area contributed by atoms with E-state index in [2.05, 4.69) is 44.6 Å². The van der Waals surface area contributed by atoms with Gasteiger partial charge in [-0.1, -0.05) is 24.3 Å². The number of benzene rings is 1. The summed E-state index contributed by atoms with van der Waals surface area (Å²) < 4.78 is 3.46. The van der Waals surface area contributed by atoms with Crippen LogP contribution in [0.4, 0.5) is 0 Å². The highest BCUT2D eigenvalue weighted by Crippen LogP contribution is 2.18. The summed E-state index contributed by atoms with van der Waals surface area (Å²) in [6.07, 6.45) is 5.03. The van der Waals surface area contributed by atoms with Gasteiger partial charge in [-0.3, -0.25) is 9.56 Å². The maximum absolute atomic E-state index is 12.4. The molecule has 0 spiro atoms. The van der Waals surface area contributed by atoms with Crippen molar-refractivity contribution >= 4 is 5.96 Å². The Morgan fingerprint density at radius 1 is 1.19 bits per heavy atom. The SMILES string of the molecule is CN=C(NCCCn1nc2n(c1=O)CCCC2)N1CCc2ccccc2C1. The van der Waals surface area contributed by atoms with E-state index in [-0.39, 0.29) is 5.69 Å². The molecule has 4 rings (SSSR count). The molecule has 2 aromatic rings. The molecule has 1 aromatic carbocycles. The number of fused-ring (bicyclic) bond motifs is 2. The molecule has 0 bridgehead atoms. The summed E-state index contributed by atoms with van der Waals surface area (Å²) in [7, 11) is 1.83. The topological polar surface area (TPSA) is 67.5 Å². The molecule has 2 aliphatic rings. The largest absolute Gasteiger partial charge is 0.356 e. The zero-order valence-electron chi connectivity index (χ0n) is 16.0. The highest BCUT2D eigenvalue weighted by Gasteiger charge is 2.19. The average molecular weight is 368 g/mol. The van der Waals surface area contributed by atoms with Crippen molar-refractivity contribution in [3.05, 3.63) is 51.7 Å². The van der Waals surface area contributed by atoms with Crippen molar-refractivity contribution in [2.24, 2.45) is 4.99 Å². The van der Waals surface area contributed by atoms with E-state index in [1.54, 1.807) is 4.68 Å². The Morgan fingerprint density at radius 2 is 2.04 bits per heavy atom. The first-order valence-electron chi connectivity index (χ1n) is 9.95. The van der Waals surface area contributed by atoms with Crippen molar-refractivity contribution in [2.45, 2.75) is 51.7 Å². The first-order valence-corrected chi connectivity index (χ1v) is 9.95. The number of rotatable bonds is 4. The molecular weight excluding hydrogens is 340 g/mol. The van der Waals surface area contributed by atoms with E-state index in [1.165, 1.54) is 11.1 Å². The zero-order valence-corrected chi connectivity index (χ0v) is 16.0. The van der Waals surface area contributed by atoms with Gasteiger partial charge in [-0.2, -0.15) is 5.10 Å². The van der Waals surface area contributed by atoms with Crippen LogP contribution < -0.4 is 11.0 Å². The minimum atomic E-state index is 0.0433. The Kier molecular flexibility index (Phi) is 5.27. The summed E-state index contributed by atoms with van der Waals surface area (Å²) in [5, 5.41) is 7.95. The molecule has 0 fully saturated rings. The number of aliphatic imine (C=N–C) groups is 1. The Balaban J connectivity index is 1.30. The standard InChI is InChI=1S/C20H28N6O/c1-21-19(24-14-10-16-7-2-3-8-17(16)15-24)22-11-6-13-26-20(27)25-12-5-4-9-18(25)23-26/h2-3,7-8H,4-6,9-15H2,1H3,(H,21,22). The fraction of sp³-hybridized carbons (Fsp3) is 0.550. The van der Waals surface area contributed by atoms with Crippen LogP contribution >= 0.6 is 0 Å². The maximum atomic E-state index is 12.4. The highest BCUT2D eigenvalue weighted by atomic mass is 16.2. The zero-order chi connectivity index (χ0) is 18.6. The minimum Gasteiger partial charge on any atom is -0.356 e. The van der Waals surface area contributed by atoms with E-state index in [4.69, 9.17) is 0 Å². The highest BCUT2D eigenvalue weighted by molar-refractivity contribution is 5.80. The number of nitrogens with zero attached hydrogens (tertiary/aromatic N) is 5. The van der Waals surface area contributed by atoms with Crippen molar-refractivity contribution in [2.75, 3.05) is 20.1 Å². The predicted molar refractivity (Wildman–Crippen MR) is 106 cm³/mol. The number of hydrogen-bond donors (Lipinski definition) is 1. The Labute approximate surface area is 159 Å². The molecule has 7 nitrogen and oxygen atoms in total. The van der Waals surface area contributed by atoms with Crippen LogP contribution in [-0.4, -0.2) is 45.3 Å². The van der Waals surface area contributed by atoms with Gasteiger partial charge in [-0.25, -0.2) is 9.48 Å². The van der Waals surface area contributed by atoms with Gasteiger partial charge in [0.05, 0.1) is 0 Å². The van der Waals surface area contributed by atoms with Crippen molar-refractivity contribution in [3.8, 4) is 0 Å². The van der Waals surface area contributed by atoms with Crippen LogP contribution in [0.5, 0.6) is 0 Å². The molecule has 0 amide bonds. The smallest absolute Gasteiger partial charge is 0.345 e. The van der Waals surface area contributed by atoms with Crippen LogP contribution in [-0.2, 0) is 32.5 Å². The molecule has 3 heterocycles. The lowest BCUT2D eigenvalue weighted by molar-refractivity contribution is 0.377. The second-order valence-electron chi connectivity index (χ2n) is 7.30. The third-order valence-electron chi connectivity index (χ3n) is 5.50. The normalized spacial score (nSPS) is 16.8. The molecule has 0 saturated heterocycles. The molecule has 0 radical (unpaired) electrons. The lowest BCUT2D eigenvalue weighted by Gasteiger charge is -2.31. The number of nitrogens with one attached hydrogen (secondary N) is 1. The van der Waals surface area contributed by atoms with E-state index in [0.717, 1.165) is 70.1 Å². The Morgan fingerprint density at radius 3 is 2.85 bits per heavy atom. The second-order valence-corrected chi connectivity index (χ2v) is 7.30. The van der Waals surface area contributed by atoms with Gasteiger partial charge in [0.15, 0.2) is 5.96 Å². The van der Waals surface area contributed by atoms with Gasteiger partial charge in [-0.05, 0) is 36.8 Å². The van der Waals surface area contributed by atoms with Crippen LogP contribution in [0, 0.1) is 0 Å². The summed E-state index contributed by atoms with van der Waals surface area (Å²) in [6.45, 7) is 4.10. The quantitative estimate of drug-likeness (QED) is 0.503. The molecule has 0 atom stereocenters. The Bertz CT molecular complexity index is 881. The summed E-state index contributed by atoms with van der Waals surface area (Å²) in [5.41, 5.74) is 2.86. The third kappa shape index (κ3) is 3.77. The molecule has 1 N–H and O–H groups in total. The molecule has 27 heavy (non-hydrogen) atoms. The van der Waals surface area contributed by atoms with E-state index >= 15 is 0 Å². The lowest BCUT2D eigenvalue weighted by atomic mass is 10.0. The number of guanidine groups is 1. The number of aryl methyl sites for hydroxylation is 2. The van der Waals surface area contributed by atoms with Crippen LogP contribution in [0.15, 0.2) is 34.1 Å². The van der Waals surface area contributed by atoms with E-state index < -0.39 is 0 Å². The van der Waals surface area contributed by atoms with Crippen LogP contribution in [0.1, 0.15) is 36.2 Å². The molecular formula is C20H28N6O. The molecule has 144 valence electrons. The molecule has 0 aliphatic carbocycles. The molecule has 7 heteroatoms. The van der Waals surface area contributed by atoms with Gasteiger partial charge in [0.25, 0.3) is 0 Å². The molecule has 0 unspecified atom stereocenters. The van der Waals surface area contributed by atoms with Gasteiger partial charge in [0.2, 0.25) is 0 Å². The fourth-order valence-corrected chi connectivity index (χ4v) is 4.03. The van der Waals surface area contributed by atoms with E-state index in [9.17, 15) is 4.79 Å².